The van der Waals surface area contributed by atoms with Crippen molar-refractivity contribution in [1.82, 2.24) is 19.1 Å². The summed E-state index contributed by atoms with van der Waals surface area (Å²) in [5.41, 5.74) is 5.13. The highest BCUT2D eigenvalue weighted by Gasteiger charge is 2.26. The molecule has 0 amide bonds. The van der Waals surface area contributed by atoms with Gasteiger partial charge in [0.05, 0.1) is 23.0 Å². The Morgan fingerprint density at radius 3 is 2.62 bits per heavy atom. The van der Waals surface area contributed by atoms with E-state index < -0.39 is 0 Å². The van der Waals surface area contributed by atoms with Crippen LogP contribution in [0.15, 0.2) is 71.8 Å². The second-order valence-corrected chi connectivity index (χ2v) is 8.40. The van der Waals surface area contributed by atoms with Gasteiger partial charge in [0, 0.05) is 28.9 Å². The Bertz CT molecular complexity index is 1560. The largest absolute Gasteiger partial charge is 0.340 e. The highest BCUT2D eigenvalue weighted by Crippen LogP contribution is 2.37. The molecule has 0 bridgehead atoms. The van der Waals surface area contributed by atoms with Gasteiger partial charge in [-0.3, -0.25) is 9.36 Å². The number of para-hydroxylation sites is 1. The van der Waals surface area contributed by atoms with Gasteiger partial charge >= 0.3 is 0 Å². The number of nitrogens with one attached hydrogen (secondary N) is 1. The lowest BCUT2D eigenvalue weighted by atomic mass is 10.0. The van der Waals surface area contributed by atoms with Crippen molar-refractivity contribution in [3.63, 3.8) is 0 Å². The molecule has 1 aliphatic carbocycles. The van der Waals surface area contributed by atoms with Crippen molar-refractivity contribution in [1.29, 1.82) is 5.26 Å². The fraction of sp³-hybridized carbons (Fsp3) is 0.192. The molecule has 32 heavy (non-hydrogen) atoms. The molecule has 2 aromatic carbocycles. The Balaban J connectivity index is 1.60. The van der Waals surface area contributed by atoms with Gasteiger partial charge in [0.1, 0.15) is 11.6 Å². The van der Waals surface area contributed by atoms with Crippen LogP contribution in [0.5, 0.6) is 0 Å². The Hall–Kier alpha value is -4.11. The van der Waals surface area contributed by atoms with Crippen LogP contribution in [-0.4, -0.2) is 19.1 Å². The molecule has 0 unspecified atom stereocenters. The van der Waals surface area contributed by atoms with Gasteiger partial charge < -0.3 is 9.55 Å². The van der Waals surface area contributed by atoms with Crippen LogP contribution < -0.4 is 5.56 Å². The molecule has 0 saturated heterocycles. The third-order valence-corrected chi connectivity index (χ3v) is 6.58. The molecule has 1 saturated carbocycles. The normalized spacial score (nSPS) is 14.3. The molecule has 6 heteroatoms. The number of aromatic amines is 1. The first-order chi connectivity index (χ1) is 15.7. The van der Waals surface area contributed by atoms with Crippen LogP contribution in [0.25, 0.3) is 33.4 Å². The van der Waals surface area contributed by atoms with Crippen LogP contribution in [-0.2, 0) is 0 Å². The molecule has 1 aliphatic rings. The Morgan fingerprint density at radius 2 is 1.84 bits per heavy atom. The summed E-state index contributed by atoms with van der Waals surface area (Å²) in [5.74, 6) is 0.320. The number of aromatic nitrogens is 4. The number of fused-ring (bicyclic) bond motifs is 2. The smallest absolute Gasteiger partial charge is 0.274 e. The molecule has 3 aromatic heterocycles. The highest BCUT2D eigenvalue weighted by molar-refractivity contribution is 5.87. The van der Waals surface area contributed by atoms with Gasteiger partial charge in [-0.1, -0.05) is 37.1 Å². The van der Waals surface area contributed by atoms with Gasteiger partial charge in [0.25, 0.3) is 5.56 Å². The number of H-pyrrole nitrogens is 1. The van der Waals surface area contributed by atoms with E-state index >= 15 is 0 Å². The van der Waals surface area contributed by atoms with E-state index in [2.05, 4.69) is 38.8 Å². The van der Waals surface area contributed by atoms with Crippen LogP contribution >= 0.6 is 0 Å². The summed E-state index contributed by atoms with van der Waals surface area (Å²) in [7, 11) is 0. The fourth-order valence-electron chi connectivity index (χ4n) is 5.05. The SMILES string of the molecule is N#Cc1c(C2CCCC2)[nH]c2ncc(=O)n(-c3ccc4ccn(-c5ccccc5)c4c3)c12. The van der Waals surface area contributed by atoms with Crippen molar-refractivity contribution >= 4 is 22.1 Å². The van der Waals surface area contributed by atoms with E-state index in [1.54, 1.807) is 4.57 Å². The summed E-state index contributed by atoms with van der Waals surface area (Å²) >= 11 is 0. The van der Waals surface area contributed by atoms with Crippen molar-refractivity contribution in [2.45, 2.75) is 31.6 Å². The molecule has 1 N–H and O–H groups in total. The number of hydrogen-bond donors (Lipinski definition) is 1. The lowest BCUT2D eigenvalue weighted by Gasteiger charge is -2.11. The maximum atomic E-state index is 13.0. The molecule has 0 spiro atoms. The minimum atomic E-state index is -0.247. The first kappa shape index (κ1) is 18.6. The Morgan fingerprint density at radius 1 is 1.03 bits per heavy atom. The average Bonchev–Trinajstić information content (AvgIpc) is 3.57. The Labute approximate surface area is 184 Å². The molecule has 5 aromatic rings. The standard InChI is InChI=1S/C26H21N5O/c27-15-21-24(18-6-4-5-7-18)29-26-25(21)31(23(32)16-28-26)20-11-10-17-12-13-30(22(17)14-20)19-8-2-1-3-9-19/h1-3,8-14,16,18,29H,4-7H2. The third-order valence-electron chi connectivity index (χ3n) is 6.58. The zero-order chi connectivity index (χ0) is 21.7. The predicted molar refractivity (Wildman–Crippen MR) is 124 cm³/mol. The van der Waals surface area contributed by atoms with Crippen molar-refractivity contribution in [3.05, 3.63) is 88.6 Å². The maximum Gasteiger partial charge on any atom is 0.274 e. The zero-order valence-electron chi connectivity index (χ0n) is 17.5. The van der Waals surface area contributed by atoms with E-state index in [0.717, 1.165) is 53.7 Å². The van der Waals surface area contributed by atoms with Gasteiger partial charge in [-0.2, -0.15) is 5.26 Å². The number of rotatable bonds is 3. The van der Waals surface area contributed by atoms with Crippen molar-refractivity contribution < 1.29 is 0 Å². The number of nitrogens with zero attached hydrogens (tertiary/aromatic N) is 4. The molecular formula is C26H21N5O. The minimum Gasteiger partial charge on any atom is -0.340 e. The molecule has 0 aliphatic heterocycles. The van der Waals surface area contributed by atoms with Crippen molar-refractivity contribution in [2.75, 3.05) is 0 Å². The van der Waals surface area contributed by atoms with E-state index in [-0.39, 0.29) is 5.56 Å². The summed E-state index contributed by atoms with van der Waals surface area (Å²) < 4.78 is 3.73. The lowest BCUT2D eigenvalue weighted by molar-refractivity contribution is 0.702. The first-order valence-corrected chi connectivity index (χ1v) is 11.0. The van der Waals surface area contributed by atoms with E-state index in [4.69, 9.17) is 0 Å². The average molecular weight is 419 g/mol. The Kier molecular flexibility index (Phi) is 4.22. The molecule has 3 heterocycles. The van der Waals surface area contributed by atoms with E-state index in [1.165, 1.54) is 6.20 Å². The lowest BCUT2D eigenvalue weighted by Crippen LogP contribution is -2.18. The molecular weight excluding hydrogens is 398 g/mol. The zero-order valence-corrected chi connectivity index (χ0v) is 17.5. The van der Waals surface area contributed by atoms with Crippen LogP contribution in [0, 0.1) is 11.3 Å². The van der Waals surface area contributed by atoms with Crippen LogP contribution in [0.4, 0.5) is 0 Å². The van der Waals surface area contributed by atoms with Gasteiger partial charge in [-0.05, 0) is 43.2 Å². The minimum absolute atomic E-state index is 0.247. The van der Waals surface area contributed by atoms with Crippen molar-refractivity contribution in [2.24, 2.45) is 0 Å². The topological polar surface area (TPSA) is 79.4 Å². The summed E-state index contributed by atoms with van der Waals surface area (Å²) in [4.78, 5) is 20.7. The van der Waals surface area contributed by atoms with Crippen LogP contribution in [0.2, 0.25) is 0 Å². The summed E-state index contributed by atoms with van der Waals surface area (Å²) in [6.07, 6.45) is 7.81. The van der Waals surface area contributed by atoms with Gasteiger partial charge in [0.15, 0.2) is 5.65 Å². The van der Waals surface area contributed by atoms with Crippen molar-refractivity contribution in [3.8, 4) is 17.4 Å². The molecule has 6 nitrogen and oxygen atoms in total. The summed E-state index contributed by atoms with van der Waals surface area (Å²) in [6, 6.07) is 20.5. The number of nitriles is 1. The second kappa shape index (κ2) is 7.24. The van der Waals surface area contributed by atoms with Crippen LogP contribution in [0.3, 0.4) is 0 Å². The number of hydrogen-bond acceptors (Lipinski definition) is 3. The fourth-order valence-corrected chi connectivity index (χ4v) is 5.05. The molecule has 1 fully saturated rings. The summed E-state index contributed by atoms with van der Waals surface area (Å²) in [5, 5.41) is 11.1. The third kappa shape index (κ3) is 2.78. The molecule has 6 rings (SSSR count). The number of benzene rings is 2. The van der Waals surface area contributed by atoms with E-state index in [1.807, 2.05) is 42.6 Å². The quantitative estimate of drug-likeness (QED) is 0.437. The van der Waals surface area contributed by atoms with Gasteiger partial charge in [-0.15, -0.1) is 0 Å². The molecule has 0 radical (unpaired) electrons. The van der Waals surface area contributed by atoms with E-state index in [0.29, 0.717) is 22.6 Å². The maximum absolute atomic E-state index is 13.0. The summed E-state index contributed by atoms with van der Waals surface area (Å²) in [6.45, 7) is 0. The second-order valence-electron chi connectivity index (χ2n) is 8.40. The monoisotopic (exact) mass is 419 g/mol. The van der Waals surface area contributed by atoms with Gasteiger partial charge in [0.2, 0.25) is 0 Å². The van der Waals surface area contributed by atoms with E-state index in [9.17, 15) is 10.1 Å². The predicted octanol–water partition coefficient (Wildman–Crippen LogP) is 5.19. The highest BCUT2D eigenvalue weighted by atomic mass is 16.1. The molecule has 0 atom stereocenters. The first-order valence-electron chi connectivity index (χ1n) is 11.0. The van der Waals surface area contributed by atoms with Crippen LogP contribution in [0.1, 0.15) is 42.9 Å². The molecule has 156 valence electrons. The van der Waals surface area contributed by atoms with Gasteiger partial charge in [-0.25, -0.2) is 4.98 Å².